The van der Waals surface area contributed by atoms with Gasteiger partial charge in [-0.1, -0.05) is 4.49 Å². The molecule has 19 heavy (non-hydrogen) atoms. The third kappa shape index (κ3) is 3.08. The molecular weight excluding hydrogens is 264 g/mol. The Kier molecular flexibility index (Phi) is 4.10. The molecular formula is C11H16N6OS. The maximum atomic E-state index is 11.9. The lowest BCUT2D eigenvalue weighted by molar-refractivity contribution is 0.626. The number of aromatic nitrogens is 4. The fourth-order valence-electron chi connectivity index (χ4n) is 1.54. The third-order valence-corrected chi connectivity index (χ3v) is 3.29. The lowest BCUT2D eigenvalue weighted by Crippen LogP contribution is -2.25. The van der Waals surface area contributed by atoms with Crippen LogP contribution in [0.2, 0.25) is 0 Å². The Morgan fingerprint density at radius 1 is 1.47 bits per heavy atom. The van der Waals surface area contributed by atoms with Gasteiger partial charge in [-0.25, -0.2) is 4.68 Å². The zero-order chi connectivity index (χ0) is 13.8. The molecule has 0 unspecified atom stereocenters. The molecule has 7 nitrogen and oxygen atoms in total. The molecule has 0 amide bonds. The van der Waals surface area contributed by atoms with E-state index in [4.69, 9.17) is 0 Å². The van der Waals surface area contributed by atoms with E-state index in [-0.39, 0.29) is 5.56 Å². The van der Waals surface area contributed by atoms with Crippen molar-refractivity contribution >= 4 is 22.2 Å². The van der Waals surface area contributed by atoms with Crippen molar-refractivity contribution in [3.8, 4) is 0 Å². The highest BCUT2D eigenvalue weighted by Gasteiger charge is 2.10. The quantitative estimate of drug-likeness (QED) is 0.866. The predicted octanol–water partition coefficient (Wildman–Crippen LogP) is 0.641. The Morgan fingerprint density at radius 2 is 2.26 bits per heavy atom. The van der Waals surface area contributed by atoms with Crippen LogP contribution in [-0.2, 0) is 6.54 Å². The van der Waals surface area contributed by atoms with Gasteiger partial charge in [-0.2, -0.15) is 5.10 Å². The van der Waals surface area contributed by atoms with Crippen molar-refractivity contribution in [3.63, 3.8) is 0 Å². The Labute approximate surface area is 115 Å². The Morgan fingerprint density at radius 3 is 2.89 bits per heavy atom. The van der Waals surface area contributed by atoms with E-state index in [1.807, 2.05) is 25.9 Å². The molecule has 2 aromatic heterocycles. The molecule has 0 aromatic carbocycles. The Balaban J connectivity index is 2.24. The highest BCUT2D eigenvalue weighted by atomic mass is 32.1. The standard InChI is InChI=1S/C11H16N6OS/c1-4-12-11-9(14-15-19-11)7-17-10(18)5-8(6-13-17)16(2)3/h5-6,12H,4,7H2,1-3H3. The average Bonchev–Trinajstić information content (AvgIpc) is 2.79. The molecule has 0 saturated carbocycles. The molecule has 0 spiro atoms. The van der Waals surface area contributed by atoms with Gasteiger partial charge in [0.25, 0.3) is 5.56 Å². The maximum absolute atomic E-state index is 11.9. The topological polar surface area (TPSA) is 75.9 Å². The largest absolute Gasteiger partial charge is 0.376 e. The lowest BCUT2D eigenvalue weighted by atomic mass is 10.4. The first-order chi connectivity index (χ1) is 9.11. The molecule has 0 saturated heterocycles. The number of nitrogens with one attached hydrogen (secondary N) is 1. The summed E-state index contributed by atoms with van der Waals surface area (Å²) in [6.45, 7) is 3.12. The Bertz CT molecular complexity index is 605. The zero-order valence-corrected chi connectivity index (χ0v) is 11.9. The van der Waals surface area contributed by atoms with Crippen molar-refractivity contribution in [1.82, 2.24) is 19.4 Å². The summed E-state index contributed by atoms with van der Waals surface area (Å²) in [5, 5.41) is 12.2. The van der Waals surface area contributed by atoms with Crippen LogP contribution in [-0.4, -0.2) is 40.0 Å². The summed E-state index contributed by atoms with van der Waals surface area (Å²) in [4.78, 5) is 13.8. The number of rotatable bonds is 5. The van der Waals surface area contributed by atoms with Gasteiger partial charge < -0.3 is 10.2 Å². The fourth-order valence-corrected chi connectivity index (χ4v) is 2.18. The number of hydrogen-bond donors (Lipinski definition) is 1. The molecule has 0 aliphatic carbocycles. The van der Waals surface area contributed by atoms with Gasteiger partial charge in [-0.05, 0) is 6.92 Å². The van der Waals surface area contributed by atoms with Gasteiger partial charge in [-0.15, -0.1) is 5.10 Å². The second-order valence-electron chi connectivity index (χ2n) is 4.18. The molecule has 0 radical (unpaired) electrons. The minimum absolute atomic E-state index is 0.151. The van der Waals surface area contributed by atoms with Crippen molar-refractivity contribution in [1.29, 1.82) is 0 Å². The smallest absolute Gasteiger partial charge is 0.269 e. The highest BCUT2D eigenvalue weighted by Crippen LogP contribution is 2.17. The summed E-state index contributed by atoms with van der Waals surface area (Å²) in [7, 11) is 3.74. The first kappa shape index (κ1) is 13.5. The van der Waals surface area contributed by atoms with E-state index in [1.54, 1.807) is 12.3 Å². The van der Waals surface area contributed by atoms with Crippen LogP contribution >= 0.6 is 11.5 Å². The third-order valence-electron chi connectivity index (χ3n) is 2.56. The lowest BCUT2D eigenvalue weighted by Gasteiger charge is -2.12. The second-order valence-corrected chi connectivity index (χ2v) is 4.94. The average molecular weight is 280 g/mol. The van der Waals surface area contributed by atoms with Gasteiger partial charge in [0.05, 0.1) is 18.4 Å². The van der Waals surface area contributed by atoms with Crippen LogP contribution < -0.4 is 15.8 Å². The van der Waals surface area contributed by atoms with Crippen LogP contribution in [0.3, 0.4) is 0 Å². The van der Waals surface area contributed by atoms with Gasteiger partial charge in [0.2, 0.25) is 0 Å². The fraction of sp³-hybridized carbons (Fsp3) is 0.455. The molecule has 0 atom stereocenters. The SMILES string of the molecule is CCNc1snnc1Cn1ncc(N(C)C)cc1=O. The van der Waals surface area contributed by atoms with Gasteiger partial charge >= 0.3 is 0 Å². The van der Waals surface area contributed by atoms with Gasteiger partial charge in [-0.3, -0.25) is 4.79 Å². The summed E-state index contributed by atoms with van der Waals surface area (Å²) in [6.07, 6.45) is 1.66. The summed E-state index contributed by atoms with van der Waals surface area (Å²) in [5.41, 5.74) is 1.37. The van der Waals surface area contributed by atoms with Crippen molar-refractivity contribution in [2.45, 2.75) is 13.5 Å². The first-order valence-electron chi connectivity index (χ1n) is 5.91. The molecule has 0 fully saturated rings. The summed E-state index contributed by atoms with van der Waals surface area (Å²) in [5.74, 6) is 0. The molecule has 0 aliphatic heterocycles. The van der Waals surface area contributed by atoms with Gasteiger partial charge in [0.15, 0.2) is 0 Å². The van der Waals surface area contributed by atoms with Crippen LogP contribution in [0.15, 0.2) is 17.1 Å². The molecule has 1 N–H and O–H groups in total. The highest BCUT2D eigenvalue weighted by molar-refractivity contribution is 7.10. The minimum atomic E-state index is -0.151. The van der Waals surface area contributed by atoms with E-state index < -0.39 is 0 Å². The molecule has 2 aromatic rings. The number of hydrogen-bond acceptors (Lipinski definition) is 7. The van der Waals surface area contributed by atoms with Gasteiger partial charge in [0.1, 0.15) is 10.7 Å². The van der Waals surface area contributed by atoms with E-state index in [1.165, 1.54) is 16.2 Å². The van der Waals surface area contributed by atoms with Crippen LogP contribution in [0.5, 0.6) is 0 Å². The molecule has 2 heterocycles. The van der Waals surface area contributed by atoms with E-state index >= 15 is 0 Å². The Hall–Kier alpha value is -1.96. The van der Waals surface area contributed by atoms with Crippen LogP contribution in [0, 0.1) is 0 Å². The molecule has 2 rings (SSSR count). The number of anilines is 2. The minimum Gasteiger partial charge on any atom is -0.376 e. The monoisotopic (exact) mass is 280 g/mol. The predicted molar refractivity (Wildman–Crippen MR) is 76.0 cm³/mol. The maximum Gasteiger partial charge on any atom is 0.269 e. The summed E-state index contributed by atoms with van der Waals surface area (Å²) in [6, 6.07) is 1.56. The van der Waals surface area contributed by atoms with E-state index in [2.05, 4.69) is 20.0 Å². The van der Waals surface area contributed by atoms with Crippen LogP contribution in [0.4, 0.5) is 10.7 Å². The van der Waals surface area contributed by atoms with Crippen molar-refractivity contribution in [2.75, 3.05) is 30.9 Å². The summed E-state index contributed by atoms with van der Waals surface area (Å²) < 4.78 is 5.27. The van der Waals surface area contributed by atoms with E-state index in [9.17, 15) is 4.79 Å². The van der Waals surface area contributed by atoms with E-state index in [0.717, 1.165) is 22.9 Å². The molecule has 0 aliphatic rings. The van der Waals surface area contributed by atoms with Crippen molar-refractivity contribution in [3.05, 3.63) is 28.3 Å². The zero-order valence-electron chi connectivity index (χ0n) is 11.1. The summed E-state index contributed by atoms with van der Waals surface area (Å²) >= 11 is 1.28. The second kappa shape index (κ2) is 5.79. The molecule has 0 bridgehead atoms. The van der Waals surface area contributed by atoms with Crippen LogP contribution in [0.1, 0.15) is 12.6 Å². The van der Waals surface area contributed by atoms with Crippen molar-refractivity contribution < 1.29 is 0 Å². The first-order valence-corrected chi connectivity index (χ1v) is 6.68. The van der Waals surface area contributed by atoms with E-state index in [0.29, 0.717) is 6.54 Å². The van der Waals surface area contributed by atoms with Gasteiger partial charge in [0, 0.05) is 38.2 Å². The number of nitrogens with zero attached hydrogens (tertiary/aromatic N) is 5. The normalized spacial score (nSPS) is 10.5. The molecule has 102 valence electrons. The van der Waals surface area contributed by atoms with Crippen LogP contribution in [0.25, 0.3) is 0 Å². The molecule has 8 heteroatoms. The van der Waals surface area contributed by atoms with Crippen molar-refractivity contribution in [2.24, 2.45) is 0 Å².